The minimum absolute atomic E-state index is 0.217. The number of rotatable bonds is 4. The van der Waals surface area contributed by atoms with E-state index in [2.05, 4.69) is 42.2 Å². The van der Waals surface area contributed by atoms with Crippen molar-refractivity contribution >= 4 is 5.97 Å². The van der Waals surface area contributed by atoms with Crippen molar-refractivity contribution in [3.05, 3.63) is 83.4 Å². The summed E-state index contributed by atoms with van der Waals surface area (Å²) in [6, 6.07) is 20.7. The SMILES string of the molecule is Cc1ccccc1-c1ccc(-c2nc(-c3ccc(C(=O)O)cc3)no2)cc1C. The van der Waals surface area contributed by atoms with Gasteiger partial charge < -0.3 is 9.63 Å². The molecular formula is C23H18N2O3. The summed E-state index contributed by atoms with van der Waals surface area (Å²) >= 11 is 0. The van der Waals surface area contributed by atoms with E-state index in [-0.39, 0.29) is 5.56 Å². The summed E-state index contributed by atoms with van der Waals surface area (Å²) in [5.41, 5.74) is 6.49. The molecule has 0 atom stereocenters. The number of hydrogen-bond acceptors (Lipinski definition) is 4. The molecule has 0 spiro atoms. The Morgan fingerprint density at radius 2 is 1.54 bits per heavy atom. The Kier molecular flexibility index (Phi) is 4.49. The van der Waals surface area contributed by atoms with Crippen molar-refractivity contribution in [2.75, 3.05) is 0 Å². The summed E-state index contributed by atoms with van der Waals surface area (Å²) in [5.74, 6) is -0.117. The number of carbonyl (C=O) groups is 1. The zero-order chi connectivity index (χ0) is 19.7. The Bertz CT molecular complexity index is 1160. The molecule has 0 aliphatic rings. The van der Waals surface area contributed by atoms with Gasteiger partial charge >= 0.3 is 5.97 Å². The molecule has 0 amide bonds. The zero-order valence-corrected chi connectivity index (χ0v) is 15.5. The molecule has 0 radical (unpaired) electrons. The average Bonchev–Trinajstić information content (AvgIpc) is 3.19. The monoisotopic (exact) mass is 370 g/mol. The minimum Gasteiger partial charge on any atom is -0.478 e. The molecule has 0 unspecified atom stereocenters. The fourth-order valence-electron chi connectivity index (χ4n) is 3.19. The van der Waals surface area contributed by atoms with Gasteiger partial charge in [0.1, 0.15) is 0 Å². The lowest BCUT2D eigenvalue weighted by molar-refractivity contribution is 0.0697. The third-order valence-electron chi connectivity index (χ3n) is 4.72. The van der Waals surface area contributed by atoms with Gasteiger partial charge in [-0.3, -0.25) is 0 Å². The third kappa shape index (κ3) is 3.30. The highest BCUT2D eigenvalue weighted by Gasteiger charge is 2.13. The number of nitrogens with zero attached hydrogens (tertiary/aromatic N) is 2. The first-order valence-corrected chi connectivity index (χ1v) is 8.87. The molecule has 4 rings (SSSR count). The van der Waals surface area contributed by atoms with Gasteiger partial charge in [-0.25, -0.2) is 4.79 Å². The number of carboxylic acids is 1. The van der Waals surface area contributed by atoms with Gasteiger partial charge in [-0.1, -0.05) is 47.6 Å². The Morgan fingerprint density at radius 1 is 0.857 bits per heavy atom. The van der Waals surface area contributed by atoms with E-state index in [1.165, 1.54) is 28.8 Å². The lowest BCUT2D eigenvalue weighted by atomic mass is 9.95. The molecule has 28 heavy (non-hydrogen) atoms. The molecule has 0 aliphatic carbocycles. The summed E-state index contributed by atoms with van der Waals surface area (Å²) in [5, 5.41) is 13.0. The van der Waals surface area contributed by atoms with Crippen molar-refractivity contribution in [2.45, 2.75) is 13.8 Å². The van der Waals surface area contributed by atoms with E-state index in [0.29, 0.717) is 17.3 Å². The van der Waals surface area contributed by atoms with E-state index in [1.54, 1.807) is 12.1 Å². The maximum Gasteiger partial charge on any atom is 0.335 e. The molecule has 1 N–H and O–H groups in total. The van der Waals surface area contributed by atoms with Crippen molar-refractivity contribution in [1.29, 1.82) is 0 Å². The lowest BCUT2D eigenvalue weighted by Crippen LogP contribution is -1.95. The van der Waals surface area contributed by atoms with Crippen LogP contribution >= 0.6 is 0 Å². The molecule has 3 aromatic carbocycles. The first-order chi connectivity index (χ1) is 13.5. The number of carboxylic acid groups (broad SMARTS) is 1. The smallest absolute Gasteiger partial charge is 0.335 e. The predicted molar refractivity (Wildman–Crippen MR) is 107 cm³/mol. The van der Waals surface area contributed by atoms with Crippen LogP contribution in [0.15, 0.2) is 71.3 Å². The summed E-state index contributed by atoms with van der Waals surface area (Å²) < 4.78 is 5.43. The van der Waals surface area contributed by atoms with Gasteiger partial charge in [0.25, 0.3) is 5.89 Å². The fraction of sp³-hybridized carbons (Fsp3) is 0.0870. The van der Waals surface area contributed by atoms with E-state index < -0.39 is 5.97 Å². The molecule has 0 bridgehead atoms. The standard InChI is InChI=1S/C23H18N2O3/c1-14-5-3-4-6-19(14)20-12-11-18(13-15(20)2)22-24-21(25-28-22)16-7-9-17(10-8-16)23(26)27/h3-13H,1-2H3,(H,26,27). The van der Waals surface area contributed by atoms with E-state index in [9.17, 15) is 4.79 Å². The summed E-state index contributed by atoms with van der Waals surface area (Å²) in [6.07, 6.45) is 0. The first-order valence-electron chi connectivity index (χ1n) is 8.87. The van der Waals surface area contributed by atoms with Crippen LogP contribution in [0.2, 0.25) is 0 Å². The second-order valence-electron chi connectivity index (χ2n) is 6.65. The highest BCUT2D eigenvalue weighted by Crippen LogP contribution is 2.30. The van der Waals surface area contributed by atoms with Gasteiger partial charge in [-0.05, 0) is 60.4 Å². The molecule has 0 fully saturated rings. The average molecular weight is 370 g/mol. The van der Waals surface area contributed by atoms with E-state index in [4.69, 9.17) is 9.63 Å². The van der Waals surface area contributed by atoms with Crippen LogP contribution in [-0.2, 0) is 0 Å². The maximum absolute atomic E-state index is 11.0. The maximum atomic E-state index is 11.0. The van der Waals surface area contributed by atoms with Crippen molar-refractivity contribution in [3.8, 4) is 34.0 Å². The second kappa shape index (κ2) is 7.12. The fourth-order valence-corrected chi connectivity index (χ4v) is 3.19. The van der Waals surface area contributed by atoms with Crippen LogP contribution in [0.4, 0.5) is 0 Å². The number of aromatic carboxylic acids is 1. The minimum atomic E-state index is -0.968. The topological polar surface area (TPSA) is 76.2 Å². The van der Waals surface area contributed by atoms with Crippen molar-refractivity contribution < 1.29 is 14.4 Å². The predicted octanol–water partition coefficient (Wildman–Crippen LogP) is 5.39. The van der Waals surface area contributed by atoms with E-state index in [1.807, 2.05) is 24.3 Å². The van der Waals surface area contributed by atoms with Crippen LogP contribution in [-0.4, -0.2) is 21.2 Å². The number of benzene rings is 3. The van der Waals surface area contributed by atoms with Gasteiger partial charge in [0.15, 0.2) is 0 Å². The normalized spacial score (nSPS) is 10.8. The van der Waals surface area contributed by atoms with Crippen molar-refractivity contribution in [1.82, 2.24) is 10.1 Å². The summed E-state index contributed by atoms with van der Waals surface area (Å²) in [7, 11) is 0. The highest BCUT2D eigenvalue weighted by molar-refractivity contribution is 5.88. The zero-order valence-electron chi connectivity index (χ0n) is 15.5. The molecule has 138 valence electrons. The van der Waals surface area contributed by atoms with Gasteiger partial charge in [-0.15, -0.1) is 0 Å². The molecular weight excluding hydrogens is 352 g/mol. The van der Waals surface area contributed by atoms with Gasteiger partial charge in [0.2, 0.25) is 5.82 Å². The molecule has 5 heteroatoms. The van der Waals surface area contributed by atoms with Crippen molar-refractivity contribution in [3.63, 3.8) is 0 Å². The Balaban J connectivity index is 1.65. The molecule has 5 nitrogen and oxygen atoms in total. The van der Waals surface area contributed by atoms with Crippen LogP contribution in [0.5, 0.6) is 0 Å². The van der Waals surface area contributed by atoms with Gasteiger partial charge in [0.05, 0.1) is 5.56 Å². The number of aryl methyl sites for hydroxylation is 2. The first kappa shape index (κ1) is 17.7. The van der Waals surface area contributed by atoms with Crippen LogP contribution < -0.4 is 0 Å². The highest BCUT2D eigenvalue weighted by atomic mass is 16.5. The molecule has 1 aromatic heterocycles. The van der Waals surface area contributed by atoms with E-state index in [0.717, 1.165) is 11.1 Å². The van der Waals surface area contributed by atoms with Gasteiger partial charge in [-0.2, -0.15) is 4.98 Å². The van der Waals surface area contributed by atoms with Crippen LogP contribution in [0.3, 0.4) is 0 Å². The quantitative estimate of drug-likeness (QED) is 0.521. The largest absolute Gasteiger partial charge is 0.478 e. The number of aromatic nitrogens is 2. The number of hydrogen-bond donors (Lipinski definition) is 1. The Labute approximate surface area is 162 Å². The third-order valence-corrected chi connectivity index (χ3v) is 4.72. The molecule has 0 saturated carbocycles. The van der Waals surface area contributed by atoms with Crippen LogP contribution in [0.25, 0.3) is 34.0 Å². The Morgan fingerprint density at radius 3 is 2.21 bits per heavy atom. The molecule has 1 heterocycles. The lowest BCUT2D eigenvalue weighted by Gasteiger charge is -2.10. The van der Waals surface area contributed by atoms with Crippen LogP contribution in [0.1, 0.15) is 21.5 Å². The van der Waals surface area contributed by atoms with E-state index >= 15 is 0 Å². The molecule has 0 aliphatic heterocycles. The van der Waals surface area contributed by atoms with Gasteiger partial charge in [0, 0.05) is 11.1 Å². The summed E-state index contributed by atoms with van der Waals surface area (Å²) in [4.78, 5) is 15.4. The second-order valence-corrected chi connectivity index (χ2v) is 6.65. The Hall–Kier alpha value is -3.73. The molecule has 0 saturated heterocycles. The van der Waals surface area contributed by atoms with Crippen LogP contribution in [0, 0.1) is 13.8 Å². The molecule has 4 aromatic rings. The summed E-state index contributed by atoms with van der Waals surface area (Å²) in [6.45, 7) is 4.16. The van der Waals surface area contributed by atoms with Crippen molar-refractivity contribution in [2.24, 2.45) is 0 Å².